The van der Waals surface area contributed by atoms with Gasteiger partial charge in [0.1, 0.15) is 0 Å². The fraction of sp³-hybridized carbons (Fsp3) is 0.200. The Morgan fingerprint density at radius 2 is 2.08 bits per heavy atom. The highest BCUT2D eigenvalue weighted by Gasteiger charge is 2.00. The third kappa shape index (κ3) is 2.86. The zero-order valence-electron chi connectivity index (χ0n) is 7.26. The van der Waals surface area contributed by atoms with Crippen molar-refractivity contribution >= 4 is 0 Å². The molecule has 0 aromatic heterocycles. The van der Waals surface area contributed by atoms with Crippen molar-refractivity contribution in [3.8, 4) is 0 Å². The Balaban J connectivity index is 2.68. The minimum atomic E-state index is -0.820. The Morgan fingerprint density at radius 3 is 2.69 bits per heavy atom. The highest BCUT2D eigenvalue weighted by Crippen LogP contribution is 2.09. The number of allylic oxidation sites excluding steroid dienone is 1. The molecular formula is C10H10F2O. The van der Waals surface area contributed by atoms with E-state index >= 15 is 0 Å². The van der Waals surface area contributed by atoms with Gasteiger partial charge in [-0.15, -0.1) is 0 Å². The van der Waals surface area contributed by atoms with E-state index in [9.17, 15) is 8.78 Å². The monoisotopic (exact) mass is 184 g/mol. The molecule has 0 unspecified atom stereocenters. The molecule has 0 bridgehead atoms. The van der Waals surface area contributed by atoms with Gasteiger partial charge in [0.2, 0.25) is 0 Å². The Morgan fingerprint density at radius 1 is 1.31 bits per heavy atom. The second-order valence-electron chi connectivity index (χ2n) is 2.56. The molecule has 0 N–H and O–H groups in total. The molecule has 0 aliphatic rings. The third-order valence-electron chi connectivity index (χ3n) is 1.57. The molecular weight excluding hydrogens is 174 g/mol. The lowest BCUT2D eigenvalue weighted by Crippen LogP contribution is -1.87. The summed E-state index contributed by atoms with van der Waals surface area (Å²) in [6.45, 7) is 0. The van der Waals surface area contributed by atoms with Crippen LogP contribution in [0.2, 0.25) is 0 Å². The van der Waals surface area contributed by atoms with Crippen molar-refractivity contribution in [2.45, 2.75) is 6.42 Å². The van der Waals surface area contributed by atoms with Crippen molar-refractivity contribution in [3.05, 3.63) is 47.7 Å². The van der Waals surface area contributed by atoms with Crippen LogP contribution in [-0.4, -0.2) is 7.11 Å². The van der Waals surface area contributed by atoms with Crippen molar-refractivity contribution in [3.63, 3.8) is 0 Å². The molecule has 0 heterocycles. The van der Waals surface area contributed by atoms with E-state index in [1.54, 1.807) is 12.1 Å². The largest absolute Gasteiger partial charge is 0.505 e. The minimum absolute atomic E-state index is 0.533. The first-order valence-electron chi connectivity index (χ1n) is 3.86. The quantitative estimate of drug-likeness (QED) is 0.656. The summed E-state index contributed by atoms with van der Waals surface area (Å²) in [5, 5.41) is 0. The Hall–Kier alpha value is -1.38. The molecule has 0 fully saturated rings. The molecule has 0 atom stereocenters. The summed E-state index contributed by atoms with van der Waals surface area (Å²) in [4.78, 5) is 0. The van der Waals surface area contributed by atoms with Gasteiger partial charge < -0.3 is 4.74 Å². The summed E-state index contributed by atoms with van der Waals surface area (Å²) in [5.41, 5.74) is 0.715. The van der Waals surface area contributed by atoms with Gasteiger partial charge in [0.25, 0.3) is 0 Å². The van der Waals surface area contributed by atoms with Gasteiger partial charge in [-0.1, -0.05) is 6.07 Å². The number of rotatable bonds is 3. The van der Waals surface area contributed by atoms with Gasteiger partial charge in [-0.2, -0.15) is 0 Å². The zero-order valence-corrected chi connectivity index (χ0v) is 7.26. The Bertz CT molecular complexity index is 308. The lowest BCUT2D eigenvalue weighted by molar-refractivity contribution is 0.337. The second-order valence-corrected chi connectivity index (χ2v) is 2.56. The summed E-state index contributed by atoms with van der Waals surface area (Å²) in [7, 11) is 1.53. The van der Waals surface area contributed by atoms with E-state index in [-0.39, 0.29) is 0 Å². The number of methoxy groups -OCH3 is 1. The van der Waals surface area contributed by atoms with Gasteiger partial charge in [0.05, 0.1) is 13.4 Å². The van der Waals surface area contributed by atoms with Gasteiger partial charge in [-0.3, -0.25) is 0 Å². The topological polar surface area (TPSA) is 9.23 Å². The van der Waals surface area contributed by atoms with Crippen molar-refractivity contribution in [1.29, 1.82) is 0 Å². The van der Waals surface area contributed by atoms with Crippen LogP contribution in [0.15, 0.2) is 30.5 Å². The van der Waals surface area contributed by atoms with Crippen LogP contribution in [0.3, 0.4) is 0 Å². The van der Waals surface area contributed by atoms with E-state index in [0.717, 1.165) is 6.07 Å². The molecule has 1 aromatic rings. The molecule has 3 heteroatoms. The molecule has 0 aliphatic heterocycles. The smallest absolute Gasteiger partial charge is 0.159 e. The number of hydrogen-bond donors (Lipinski definition) is 0. The molecule has 1 aromatic carbocycles. The maximum Gasteiger partial charge on any atom is 0.159 e. The van der Waals surface area contributed by atoms with Crippen molar-refractivity contribution in [2.24, 2.45) is 0 Å². The summed E-state index contributed by atoms with van der Waals surface area (Å²) < 4.78 is 29.8. The van der Waals surface area contributed by atoms with Crippen LogP contribution in [0.5, 0.6) is 0 Å². The highest BCUT2D eigenvalue weighted by molar-refractivity contribution is 5.19. The van der Waals surface area contributed by atoms with Crippen LogP contribution in [0, 0.1) is 11.6 Å². The predicted molar refractivity (Wildman–Crippen MR) is 46.2 cm³/mol. The lowest BCUT2D eigenvalue weighted by atomic mass is 10.1. The molecule has 0 saturated heterocycles. The standard InChI is InChI=1S/C10H10F2O/c1-13-6-2-3-8-4-5-9(11)10(12)7-8/h2,4-7H,3H2,1H3/b6-2+. The SMILES string of the molecule is CO/C=C/Cc1ccc(F)c(F)c1. The van der Waals surface area contributed by atoms with E-state index in [1.807, 2.05) is 0 Å². The van der Waals surface area contributed by atoms with Gasteiger partial charge in [0.15, 0.2) is 11.6 Å². The van der Waals surface area contributed by atoms with Crippen LogP contribution in [-0.2, 0) is 11.2 Å². The van der Waals surface area contributed by atoms with Gasteiger partial charge in [0, 0.05) is 0 Å². The minimum Gasteiger partial charge on any atom is -0.505 e. The van der Waals surface area contributed by atoms with Crippen LogP contribution >= 0.6 is 0 Å². The van der Waals surface area contributed by atoms with Crippen molar-refractivity contribution in [2.75, 3.05) is 7.11 Å². The fourth-order valence-corrected chi connectivity index (χ4v) is 0.947. The van der Waals surface area contributed by atoms with Gasteiger partial charge >= 0.3 is 0 Å². The zero-order chi connectivity index (χ0) is 9.68. The normalized spacial score (nSPS) is 10.7. The molecule has 0 amide bonds. The van der Waals surface area contributed by atoms with Crippen molar-refractivity contribution < 1.29 is 13.5 Å². The van der Waals surface area contributed by atoms with Crippen LogP contribution in [0.25, 0.3) is 0 Å². The van der Waals surface area contributed by atoms with Crippen LogP contribution < -0.4 is 0 Å². The predicted octanol–water partition coefficient (Wildman–Crippen LogP) is 2.67. The fourth-order valence-electron chi connectivity index (χ4n) is 0.947. The first kappa shape index (κ1) is 9.71. The average Bonchev–Trinajstić information content (AvgIpc) is 2.12. The average molecular weight is 184 g/mol. The molecule has 13 heavy (non-hydrogen) atoms. The lowest BCUT2D eigenvalue weighted by Gasteiger charge is -1.97. The molecule has 70 valence electrons. The van der Waals surface area contributed by atoms with E-state index in [2.05, 4.69) is 4.74 Å². The molecule has 0 radical (unpaired) electrons. The molecule has 0 spiro atoms. The first-order valence-corrected chi connectivity index (χ1v) is 3.86. The number of hydrogen-bond acceptors (Lipinski definition) is 1. The summed E-state index contributed by atoms with van der Waals surface area (Å²) in [6.07, 6.45) is 3.76. The number of ether oxygens (including phenoxy) is 1. The van der Waals surface area contributed by atoms with Crippen LogP contribution in [0.4, 0.5) is 8.78 Å². The summed E-state index contributed by atoms with van der Waals surface area (Å²) in [5.74, 6) is -1.64. The maximum absolute atomic E-state index is 12.7. The number of benzene rings is 1. The molecule has 1 rings (SSSR count). The maximum atomic E-state index is 12.7. The van der Waals surface area contributed by atoms with Gasteiger partial charge in [-0.25, -0.2) is 8.78 Å². The molecule has 1 nitrogen and oxygen atoms in total. The third-order valence-corrected chi connectivity index (χ3v) is 1.57. The van der Waals surface area contributed by atoms with Crippen LogP contribution in [0.1, 0.15) is 5.56 Å². The Kier molecular flexibility index (Phi) is 3.43. The van der Waals surface area contributed by atoms with E-state index in [1.165, 1.54) is 19.4 Å². The first-order chi connectivity index (χ1) is 6.24. The van der Waals surface area contributed by atoms with Gasteiger partial charge in [-0.05, 0) is 30.2 Å². The molecule has 0 saturated carbocycles. The highest BCUT2D eigenvalue weighted by atomic mass is 19.2. The summed E-state index contributed by atoms with van der Waals surface area (Å²) >= 11 is 0. The Labute approximate surface area is 75.6 Å². The van der Waals surface area contributed by atoms with Crippen molar-refractivity contribution in [1.82, 2.24) is 0 Å². The van der Waals surface area contributed by atoms with E-state index < -0.39 is 11.6 Å². The summed E-state index contributed by atoms with van der Waals surface area (Å²) in [6, 6.07) is 3.83. The second kappa shape index (κ2) is 4.60. The molecule has 0 aliphatic carbocycles. The van der Waals surface area contributed by atoms with E-state index in [0.29, 0.717) is 12.0 Å². The number of halogens is 2. The van der Waals surface area contributed by atoms with E-state index in [4.69, 9.17) is 0 Å².